The number of fused-ring (bicyclic) bond motifs is 2. The van der Waals surface area contributed by atoms with Crippen molar-refractivity contribution in [1.82, 2.24) is 9.80 Å². The molecule has 1 saturated heterocycles. The number of rotatable bonds is 5. The van der Waals surface area contributed by atoms with Crippen LogP contribution in [-0.2, 0) is 9.53 Å². The lowest BCUT2D eigenvalue weighted by molar-refractivity contribution is -0.140. The van der Waals surface area contributed by atoms with Crippen molar-refractivity contribution in [3.05, 3.63) is 47.5 Å². The molecule has 2 heterocycles. The number of hydrogen-bond acceptors (Lipinski definition) is 5. The van der Waals surface area contributed by atoms with Crippen LogP contribution in [0.4, 0.5) is 0 Å². The maximum Gasteiger partial charge on any atom is 0.338 e. The van der Waals surface area contributed by atoms with E-state index in [0.29, 0.717) is 12.5 Å². The molecule has 3 amide bonds. The lowest BCUT2D eigenvalue weighted by Gasteiger charge is -2.44. The Bertz CT molecular complexity index is 907. The van der Waals surface area contributed by atoms with E-state index in [-0.39, 0.29) is 41.8 Å². The summed E-state index contributed by atoms with van der Waals surface area (Å²) in [5.74, 6) is -1.14. The molecule has 4 rings (SSSR count). The van der Waals surface area contributed by atoms with Crippen molar-refractivity contribution >= 4 is 23.7 Å². The van der Waals surface area contributed by atoms with Gasteiger partial charge in [0.1, 0.15) is 0 Å². The first-order valence-corrected chi connectivity index (χ1v) is 10.6. The van der Waals surface area contributed by atoms with Crippen LogP contribution in [0, 0.1) is 5.92 Å². The zero-order valence-corrected chi connectivity index (χ0v) is 17.0. The Morgan fingerprint density at radius 3 is 2.60 bits per heavy atom. The molecule has 0 bridgehead atoms. The number of likely N-dealkylation sites (tertiary alicyclic amines) is 1. The first kappa shape index (κ1) is 20.3. The highest BCUT2D eigenvalue weighted by Crippen LogP contribution is 2.35. The first-order chi connectivity index (χ1) is 14.5. The van der Waals surface area contributed by atoms with Gasteiger partial charge < -0.3 is 9.64 Å². The van der Waals surface area contributed by atoms with Crippen molar-refractivity contribution in [2.45, 2.75) is 44.6 Å². The Kier molecular flexibility index (Phi) is 5.70. The summed E-state index contributed by atoms with van der Waals surface area (Å²) in [5, 5.41) is 0. The summed E-state index contributed by atoms with van der Waals surface area (Å²) >= 11 is 0. The summed E-state index contributed by atoms with van der Waals surface area (Å²) in [5.41, 5.74) is 0.576. The van der Waals surface area contributed by atoms with Gasteiger partial charge in [-0.2, -0.15) is 0 Å². The van der Waals surface area contributed by atoms with Crippen LogP contribution in [0.3, 0.4) is 0 Å². The minimum atomic E-state index is -0.675. The van der Waals surface area contributed by atoms with Gasteiger partial charge in [-0.15, -0.1) is 6.58 Å². The Morgan fingerprint density at radius 1 is 1.07 bits per heavy atom. The second-order valence-electron chi connectivity index (χ2n) is 8.19. The van der Waals surface area contributed by atoms with E-state index in [1.165, 1.54) is 43.5 Å². The number of ether oxygens (including phenoxy) is 1. The fraction of sp³-hybridized carbons (Fsp3) is 0.478. The molecule has 1 aromatic carbocycles. The number of amides is 3. The van der Waals surface area contributed by atoms with E-state index in [0.717, 1.165) is 24.2 Å². The van der Waals surface area contributed by atoms with Crippen molar-refractivity contribution in [1.29, 1.82) is 0 Å². The van der Waals surface area contributed by atoms with E-state index in [1.807, 2.05) is 4.90 Å². The number of carbonyl (C=O) groups excluding carboxylic acids is 4. The quantitative estimate of drug-likeness (QED) is 0.423. The molecule has 7 heteroatoms. The van der Waals surface area contributed by atoms with Gasteiger partial charge in [-0.05, 0) is 49.8 Å². The topological polar surface area (TPSA) is 84.0 Å². The van der Waals surface area contributed by atoms with Crippen LogP contribution in [-0.4, -0.2) is 59.2 Å². The van der Waals surface area contributed by atoms with Crippen molar-refractivity contribution in [3.63, 3.8) is 0 Å². The van der Waals surface area contributed by atoms with Crippen molar-refractivity contribution in [2.75, 3.05) is 19.7 Å². The number of nitrogens with zero attached hydrogens (tertiary/aromatic N) is 2. The molecule has 158 valence electrons. The third-order valence-electron chi connectivity index (χ3n) is 6.41. The third-order valence-corrected chi connectivity index (χ3v) is 6.41. The fourth-order valence-corrected chi connectivity index (χ4v) is 4.94. The average Bonchev–Trinajstić information content (AvgIpc) is 3.01. The molecule has 0 spiro atoms. The molecular formula is C23H26N2O5. The van der Waals surface area contributed by atoms with E-state index < -0.39 is 17.8 Å². The van der Waals surface area contributed by atoms with Gasteiger partial charge in [0.05, 0.1) is 16.7 Å². The lowest BCUT2D eigenvalue weighted by atomic mass is 9.78. The predicted octanol–water partition coefficient (Wildman–Crippen LogP) is 2.81. The van der Waals surface area contributed by atoms with E-state index in [9.17, 15) is 19.2 Å². The summed E-state index contributed by atoms with van der Waals surface area (Å²) in [6.07, 6.45) is 8.17. The predicted molar refractivity (Wildman–Crippen MR) is 109 cm³/mol. The van der Waals surface area contributed by atoms with Gasteiger partial charge >= 0.3 is 5.97 Å². The molecule has 1 aliphatic carbocycles. The lowest BCUT2D eigenvalue weighted by Crippen LogP contribution is -2.50. The van der Waals surface area contributed by atoms with E-state index >= 15 is 0 Å². The van der Waals surface area contributed by atoms with Crippen LogP contribution in [0.1, 0.15) is 69.6 Å². The van der Waals surface area contributed by atoms with Crippen LogP contribution in [0.2, 0.25) is 0 Å². The van der Waals surface area contributed by atoms with E-state index in [2.05, 4.69) is 6.58 Å². The normalized spacial score (nSPS) is 23.1. The van der Waals surface area contributed by atoms with E-state index in [1.54, 1.807) is 0 Å². The van der Waals surface area contributed by atoms with Gasteiger partial charge in [-0.25, -0.2) is 4.79 Å². The summed E-state index contributed by atoms with van der Waals surface area (Å²) in [6.45, 7) is 4.06. The molecule has 2 aliphatic heterocycles. The Balaban J connectivity index is 1.40. The van der Waals surface area contributed by atoms with Crippen LogP contribution in [0.25, 0.3) is 0 Å². The molecule has 30 heavy (non-hydrogen) atoms. The monoisotopic (exact) mass is 410 g/mol. The second kappa shape index (κ2) is 8.42. The molecule has 3 aliphatic rings. The van der Waals surface area contributed by atoms with Crippen LogP contribution in [0.15, 0.2) is 30.9 Å². The van der Waals surface area contributed by atoms with Crippen molar-refractivity contribution in [2.24, 2.45) is 5.92 Å². The number of esters is 1. The second-order valence-corrected chi connectivity index (χ2v) is 8.19. The highest BCUT2D eigenvalue weighted by molar-refractivity contribution is 6.22. The third kappa shape index (κ3) is 3.64. The van der Waals surface area contributed by atoms with Crippen molar-refractivity contribution < 1.29 is 23.9 Å². The van der Waals surface area contributed by atoms with Gasteiger partial charge in [-0.3, -0.25) is 19.3 Å². The molecule has 2 fully saturated rings. The standard InChI is InChI=1S/C23H26N2O5/c1-2-11-25-21(27)17-10-9-16(13-18(17)22(25)28)23(29)30-14-20(26)24-12-5-7-15-6-3-4-8-19(15)24/h2,9-10,13,15,19H,1,3-8,11-12,14H2/t15-,19+/m0/s1. The molecule has 1 saturated carbocycles. The highest BCUT2D eigenvalue weighted by atomic mass is 16.5. The van der Waals surface area contributed by atoms with Crippen LogP contribution >= 0.6 is 0 Å². The largest absolute Gasteiger partial charge is 0.452 e. The first-order valence-electron chi connectivity index (χ1n) is 10.6. The molecule has 2 atom stereocenters. The number of carbonyl (C=O) groups is 4. The molecular weight excluding hydrogens is 384 g/mol. The van der Waals surface area contributed by atoms with E-state index in [4.69, 9.17) is 4.74 Å². The molecule has 7 nitrogen and oxygen atoms in total. The SMILES string of the molecule is C=CCN1C(=O)c2ccc(C(=O)OCC(=O)N3CCC[C@@H]4CCCC[C@H]43)cc2C1=O. The van der Waals surface area contributed by atoms with Crippen LogP contribution in [0.5, 0.6) is 0 Å². The Hall–Kier alpha value is -2.96. The Labute approximate surface area is 175 Å². The smallest absolute Gasteiger partial charge is 0.338 e. The average molecular weight is 410 g/mol. The fourth-order valence-electron chi connectivity index (χ4n) is 4.94. The maximum atomic E-state index is 12.7. The van der Waals surface area contributed by atoms with Crippen LogP contribution < -0.4 is 0 Å². The van der Waals surface area contributed by atoms with Gasteiger partial charge in [-0.1, -0.05) is 18.9 Å². The highest BCUT2D eigenvalue weighted by Gasteiger charge is 2.37. The minimum absolute atomic E-state index is 0.110. The van der Waals surface area contributed by atoms with Gasteiger partial charge in [0.25, 0.3) is 17.7 Å². The molecule has 0 aromatic heterocycles. The summed E-state index contributed by atoms with van der Waals surface area (Å²) in [4.78, 5) is 52.9. The van der Waals surface area contributed by atoms with Gasteiger partial charge in [0.15, 0.2) is 6.61 Å². The summed E-state index contributed by atoms with van der Waals surface area (Å²) < 4.78 is 5.26. The minimum Gasteiger partial charge on any atom is -0.452 e. The maximum absolute atomic E-state index is 12.7. The van der Waals surface area contributed by atoms with Crippen molar-refractivity contribution in [3.8, 4) is 0 Å². The summed E-state index contributed by atoms with van der Waals surface area (Å²) in [7, 11) is 0. The summed E-state index contributed by atoms with van der Waals surface area (Å²) in [6, 6.07) is 4.53. The molecule has 0 unspecified atom stereocenters. The number of imide groups is 1. The zero-order valence-electron chi connectivity index (χ0n) is 17.0. The number of hydrogen-bond donors (Lipinski definition) is 0. The molecule has 0 N–H and O–H groups in total. The molecule has 1 aromatic rings. The number of benzene rings is 1. The Morgan fingerprint density at radius 2 is 1.80 bits per heavy atom. The van der Waals surface area contributed by atoms with Gasteiger partial charge in [0, 0.05) is 19.1 Å². The zero-order chi connectivity index (χ0) is 21.3. The molecule has 0 radical (unpaired) electrons. The van der Waals surface area contributed by atoms with Gasteiger partial charge in [0.2, 0.25) is 0 Å². The number of piperidine rings is 1.